The molecule has 618 valence electrons. The molecule has 0 aliphatic carbocycles. The van der Waals surface area contributed by atoms with E-state index in [1.54, 1.807) is 83.1 Å². The summed E-state index contributed by atoms with van der Waals surface area (Å²) in [6, 6.07) is 56.6. The van der Waals surface area contributed by atoms with E-state index in [2.05, 4.69) is 0 Å². The van der Waals surface area contributed by atoms with Gasteiger partial charge in [0, 0.05) is 0 Å². The zero-order valence-corrected chi connectivity index (χ0v) is 70.8. The lowest BCUT2D eigenvalue weighted by molar-refractivity contribution is -0.0861. The van der Waals surface area contributed by atoms with E-state index in [-0.39, 0.29) is 0 Å². The summed E-state index contributed by atoms with van der Waals surface area (Å²) in [4.78, 5) is 79.9. The molecule has 6 N–H and O–H groups in total. The van der Waals surface area contributed by atoms with Crippen LogP contribution in [0.3, 0.4) is 0 Å². The second-order valence-corrected chi connectivity index (χ2v) is 32.0. The first-order valence-electron chi connectivity index (χ1n) is 38.8. The number of carbonyl (C=O) groups is 6. The average molecular weight is 1570 g/mol. The number of benzene rings is 7. The van der Waals surface area contributed by atoms with Crippen LogP contribution in [0.1, 0.15) is 197 Å². The molecule has 7 aromatic carbocycles. The second kappa shape index (κ2) is 34.5. The van der Waals surface area contributed by atoms with Crippen molar-refractivity contribution < 1.29 is 87.8 Å². The molecule has 0 radical (unpaired) electrons. The highest BCUT2D eigenvalue weighted by Gasteiger charge is 2.64. The van der Waals surface area contributed by atoms with Crippen molar-refractivity contribution in [3.63, 3.8) is 0 Å². The van der Waals surface area contributed by atoms with Gasteiger partial charge in [0.25, 0.3) is 0 Å². The van der Waals surface area contributed by atoms with E-state index in [1.165, 1.54) is 29.4 Å². The molecule has 0 saturated carbocycles. The van der Waals surface area contributed by atoms with Gasteiger partial charge in [-0.3, -0.25) is 0 Å². The largest absolute Gasteiger partial charge is 0.438 e. The van der Waals surface area contributed by atoms with Crippen molar-refractivity contribution >= 4 is 70.7 Å². The maximum atomic E-state index is 12.0. The van der Waals surface area contributed by atoms with Crippen LogP contribution in [0.2, 0.25) is 0 Å². The first kappa shape index (κ1) is 91.1. The first-order chi connectivity index (χ1) is 52.9. The third-order valence-electron chi connectivity index (χ3n) is 24.1. The Morgan fingerprint density at radius 1 is 0.211 bits per heavy atom. The van der Waals surface area contributed by atoms with E-state index >= 15 is 0 Å². The van der Waals surface area contributed by atoms with Crippen LogP contribution in [-0.2, 0) is 28.4 Å². The lowest BCUT2D eigenvalue weighted by atomic mass is 9.90. The summed E-state index contributed by atoms with van der Waals surface area (Å²) in [5.41, 5.74) is -3.00. The number of hydrogen-bond donors (Lipinski definition) is 6. The fraction of sp³-hybridized carbons (Fsp3) is 0.467. The SMILES string of the molecule is CCC1(C)OC(=O)N(c2ccc(C)cc2)C1(C)O.CCC1(C)OC(=O)N(c2ccc(C)cc2)C1(C)O.CCC1(C)OC(=O)N(c2ccc(C)cc2)C1(C)O.CCC1(C)OC(=O)N(c2ccc(C)cc2)C1(C)O.CCC1(C)OC(=O)N(c2ccc(C)cc2)C1(C)O.CCC1(C)OC(=O)N(c2ccc(C)cc2)C1(C)O.c1ccccc1. The smallest absolute Gasteiger partial charge is 0.417 e. The highest BCUT2D eigenvalue weighted by atomic mass is 16.6. The van der Waals surface area contributed by atoms with Gasteiger partial charge in [-0.15, -0.1) is 0 Å². The number of ether oxygens (including phenoxy) is 6. The molecule has 24 nitrogen and oxygen atoms in total. The predicted octanol–water partition coefficient (Wildman–Crippen LogP) is 18.7. The third-order valence-corrected chi connectivity index (χ3v) is 24.1. The Morgan fingerprint density at radius 3 is 0.386 bits per heavy atom. The molecule has 0 bridgehead atoms. The number of cyclic esters (lactones) is 6. The Hall–Kier alpha value is -10.1. The molecule has 12 unspecified atom stereocenters. The molecule has 6 aliphatic heterocycles. The van der Waals surface area contributed by atoms with Crippen LogP contribution in [0.5, 0.6) is 0 Å². The van der Waals surface area contributed by atoms with Crippen molar-refractivity contribution in [3.05, 3.63) is 215 Å². The first-order valence-corrected chi connectivity index (χ1v) is 38.8. The van der Waals surface area contributed by atoms with Crippen LogP contribution < -0.4 is 29.4 Å². The number of nitrogens with zero attached hydrogens (tertiary/aromatic N) is 6. The summed E-state index contributed by atoms with van der Waals surface area (Å²) in [5.74, 6) is 0. The minimum absolute atomic E-state index is 0.506. The minimum atomic E-state index is -1.35. The molecule has 6 amide bonds. The summed E-state index contributed by atoms with van der Waals surface area (Å²) in [6.07, 6.45) is 0.260. The molecule has 114 heavy (non-hydrogen) atoms. The van der Waals surface area contributed by atoms with Crippen LogP contribution >= 0.6 is 0 Å². The summed E-state index contributed by atoms with van der Waals surface area (Å²) in [7, 11) is 0. The number of amides is 6. The fourth-order valence-corrected chi connectivity index (χ4v) is 13.6. The molecule has 12 atom stereocenters. The molecule has 7 aromatic rings. The van der Waals surface area contributed by atoms with Crippen LogP contribution in [0.25, 0.3) is 0 Å². The Bertz CT molecular complexity index is 3740. The normalized spacial score (nSPS) is 30.4. The van der Waals surface area contributed by atoms with E-state index in [1.807, 2.05) is 265 Å². The average Bonchev–Trinajstić information content (AvgIpc) is 1.63. The molecule has 6 saturated heterocycles. The van der Waals surface area contributed by atoms with E-state index in [0.29, 0.717) is 72.6 Å². The van der Waals surface area contributed by atoms with E-state index < -0.39 is 105 Å². The number of aliphatic hydroxyl groups is 6. The third kappa shape index (κ3) is 17.7. The van der Waals surface area contributed by atoms with Crippen LogP contribution in [-0.4, -0.2) is 135 Å². The molecule has 6 fully saturated rings. The summed E-state index contributed by atoms with van der Waals surface area (Å²) < 4.78 is 32.1. The van der Waals surface area contributed by atoms with E-state index in [0.717, 1.165) is 33.4 Å². The van der Waals surface area contributed by atoms with Gasteiger partial charge in [-0.1, -0.05) is 184 Å². The Labute approximate surface area is 672 Å². The number of carbonyl (C=O) groups excluding carboxylic acids is 6. The molecular weight excluding hydrogens is 1450 g/mol. The minimum Gasteiger partial charge on any atom is -0.438 e. The molecule has 6 aliphatic rings. The molecular formula is C90H120N6O18. The zero-order valence-electron chi connectivity index (χ0n) is 70.8. The van der Waals surface area contributed by atoms with Gasteiger partial charge >= 0.3 is 36.6 Å². The van der Waals surface area contributed by atoms with Crippen LogP contribution in [0.15, 0.2) is 182 Å². The van der Waals surface area contributed by atoms with Gasteiger partial charge < -0.3 is 59.1 Å². The van der Waals surface area contributed by atoms with Gasteiger partial charge in [0.05, 0.1) is 34.1 Å². The summed E-state index contributed by atoms with van der Waals surface area (Å²) in [5, 5.41) is 63.9. The highest BCUT2D eigenvalue weighted by molar-refractivity contribution is 5.96. The van der Waals surface area contributed by atoms with Gasteiger partial charge in [-0.2, -0.15) is 0 Å². The Morgan fingerprint density at radius 2 is 0.307 bits per heavy atom. The highest BCUT2D eigenvalue weighted by Crippen LogP contribution is 2.49. The van der Waals surface area contributed by atoms with E-state index in [4.69, 9.17) is 28.4 Å². The quantitative estimate of drug-likeness (QED) is 0.0619. The lowest BCUT2D eigenvalue weighted by Gasteiger charge is -2.36. The van der Waals surface area contributed by atoms with Crippen molar-refractivity contribution in [1.29, 1.82) is 0 Å². The van der Waals surface area contributed by atoms with Crippen molar-refractivity contribution in [2.75, 3.05) is 29.4 Å². The topological polar surface area (TPSA) is 299 Å². The standard InChI is InChI=1S/6C14H19NO3.C6H6/c6*1-5-13(3)14(4,17)15(12(16)18-13)11-8-6-10(2)7-9-11;1-2-4-6-5-3-1/h6*6-9,17H,5H2,1-4H3;1-6H. The zero-order chi connectivity index (χ0) is 85.6. The van der Waals surface area contributed by atoms with E-state index in [9.17, 15) is 59.4 Å². The summed E-state index contributed by atoms with van der Waals surface area (Å²) in [6.45, 7) is 43.3. The Balaban J connectivity index is 0.000000186. The molecule has 6 heterocycles. The van der Waals surface area contributed by atoms with Crippen molar-refractivity contribution in [3.8, 4) is 0 Å². The van der Waals surface area contributed by atoms with Gasteiger partial charge in [0.15, 0.2) is 68.0 Å². The van der Waals surface area contributed by atoms with Crippen LogP contribution in [0.4, 0.5) is 62.9 Å². The predicted molar refractivity (Wildman–Crippen MR) is 443 cm³/mol. The molecule has 0 aromatic heterocycles. The molecule has 13 rings (SSSR count). The fourth-order valence-electron chi connectivity index (χ4n) is 13.6. The van der Waals surface area contributed by atoms with Crippen molar-refractivity contribution in [2.24, 2.45) is 0 Å². The number of anilines is 6. The number of aryl methyl sites for hydroxylation is 6. The van der Waals surface area contributed by atoms with Crippen molar-refractivity contribution in [1.82, 2.24) is 0 Å². The Kier molecular flexibility index (Phi) is 27.6. The van der Waals surface area contributed by atoms with Gasteiger partial charge in [-0.25, -0.2) is 58.2 Å². The van der Waals surface area contributed by atoms with Crippen molar-refractivity contribution in [2.45, 2.75) is 273 Å². The van der Waals surface area contributed by atoms with Crippen LogP contribution in [0, 0.1) is 41.5 Å². The maximum absolute atomic E-state index is 12.0. The van der Waals surface area contributed by atoms with Gasteiger partial charge in [-0.05, 0) is 236 Å². The lowest BCUT2D eigenvalue weighted by Crippen LogP contribution is -2.55. The monoisotopic (exact) mass is 1570 g/mol. The maximum Gasteiger partial charge on any atom is 0.417 e. The van der Waals surface area contributed by atoms with Gasteiger partial charge in [0.2, 0.25) is 0 Å². The molecule has 24 heteroatoms. The molecule has 0 spiro atoms. The number of hydrogen-bond acceptors (Lipinski definition) is 18. The van der Waals surface area contributed by atoms with Gasteiger partial charge in [0.1, 0.15) is 0 Å². The summed E-state index contributed by atoms with van der Waals surface area (Å²) >= 11 is 0. The number of rotatable bonds is 12. The second-order valence-electron chi connectivity index (χ2n) is 32.0.